The van der Waals surface area contributed by atoms with Crippen LogP contribution in [0.15, 0.2) is 23.0 Å². The van der Waals surface area contributed by atoms with Crippen LogP contribution in [0.3, 0.4) is 0 Å². The number of nitrogens with zero attached hydrogens (tertiary/aromatic N) is 3. The molecule has 0 spiro atoms. The highest BCUT2D eigenvalue weighted by atomic mass is 16.3. The van der Waals surface area contributed by atoms with Gasteiger partial charge in [0.15, 0.2) is 11.4 Å². The molecule has 4 aliphatic rings. The number of carbonyl (C=O) groups is 4. The average Bonchev–Trinajstić information content (AvgIpc) is 2.98. The Labute approximate surface area is 267 Å². The number of aliphatic hydroxyl groups is 3. The molecule has 2 amide bonds. The van der Waals surface area contributed by atoms with Gasteiger partial charge in [0, 0.05) is 44.4 Å². The van der Waals surface area contributed by atoms with Crippen molar-refractivity contribution in [3.05, 3.63) is 34.1 Å². The third kappa shape index (κ3) is 5.52. The van der Waals surface area contributed by atoms with Crippen molar-refractivity contribution in [2.75, 3.05) is 71.1 Å². The fraction of sp³-hybridized carbons (Fsp3) is 0.562. The van der Waals surface area contributed by atoms with Crippen LogP contribution in [0.1, 0.15) is 36.8 Å². The van der Waals surface area contributed by atoms with Crippen molar-refractivity contribution in [3.63, 3.8) is 0 Å². The van der Waals surface area contributed by atoms with Crippen molar-refractivity contribution in [2.45, 2.75) is 43.7 Å². The van der Waals surface area contributed by atoms with Crippen LogP contribution in [0.25, 0.3) is 5.76 Å². The molecule has 0 bridgehead atoms. The summed E-state index contributed by atoms with van der Waals surface area (Å²) in [5.74, 6) is -7.70. The number of likely N-dealkylation sites (tertiary alicyclic amines) is 1. The summed E-state index contributed by atoms with van der Waals surface area (Å²) in [5.41, 5.74) is 2.56. The number of nitrogens with two attached hydrogens (primary N) is 1. The lowest BCUT2D eigenvalue weighted by Crippen LogP contribution is -2.65. The summed E-state index contributed by atoms with van der Waals surface area (Å²) >= 11 is 0. The third-order valence-corrected chi connectivity index (χ3v) is 9.79. The molecule has 5 rings (SSSR count). The number of likely N-dealkylation sites (N-methyl/N-ethyl adjacent to an activating group) is 1. The number of anilines is 2. The number of amides is 2. The van der Waals surface area contributed by atoms with Gasteiger partial charge in [-0.15, -0.1) is 0 Å². The Morgan fingerprint density at radius 1 is 1.09 bits per heavy atom. The van der Waals surface area contributed by atoms with E-state index in [1.54, 1.807) is 39.2 Å². The van der Waals surface area contributed by atoms with Crippen LogP contribution >= 0.6 is 0 Å². The molecular weight excluding hydrogens is 596 g/mol. The standard InChI is InChI=1S/C32H44N6O8/c1-36(2)20-14-19(35-21(39)15-34-8-11-38-9-6-5-7-10-38)26(40)23-17(20)12-16-13-18-25(37(3)4)28(42)24(31(33)45)30(44)32(18,46)29(43)22(16)27(23)41/h14,16,18,25,34,40-41,44,46H,5-13,15H2,1-4H3,(H2,33,45)(H,35,39)/t16?,18?,25-,32-/m0/s1. The van der Waals surface area contributed by atoms with Crippen molar-refractivity contribution < 1.29 is 39.6 Å². The molecule has 250 valence electrons. The first kappa shape index (κ1) is 33.4. The molecule has 1 saturated carbocycles. The first-order chi connectivity index (χ1) is 21.7. The van der Waals surface area contributed by atoms with Gasteiger partial charge in [0.2, 0.25) is 11.7 Å². The zero-order valence-electron chi connectivity index (χ0n) is 26.7. The van der Waals surface area contributed by atoms with Crippen molar-refractivity contribution in [1.29, 1.82) is 0 Å². The van der Waals surface area contributed by atoms with Crippen LogP contribution in [0, 0.1) is 11.8 Å². The number of ketones is 2. The Morgan fingerprint density at radius 2 is 1.76 bits per heavy atom. The highest BCUT2D eigenvalue weighted by Gasteiger charge is 2.64. The van der Waals surface area contributed by atoms with Gasteiger partial charge in [0.1, 0.15) is 22.8 Å². The van der Waals surface area contributed by atoms with Crippen LogP contribution in [0.2, 0.25) is 0 Å². The maximum atomic E-state index is 14.1. The molecule has 2 unspecified atom stereocenters. The Balaban J connectivity index is 1.49. The number of piperidine rings is 1. The smallest absolute Gasteiger partial charge is 0.255 e. The molecule has 0 radical (unpaired) electrons. The molecule has 1 aromatic rings. The van der Waals surface area contributed by atoms with Crippen LogP contribution in [0.5, 0.6) is 5.75 Å². The van der Waals surface area contributed by atoms with Gasteiger partial charge in [-0.25, -0.2) is 0 Å². The van der Waals surface area contributed by atoms with E-state index in [1.165, 1.54) is 24.2 Å². The van der Waals surface area contributed by atoms with Gasteiger partial charge in [-0.05, 0) is 70.4 Å². The second-order valence-electron chi connectivity index (χ2n) is 13.1. The average molecular weight is 641 g/mol. The fourth-order valence-electron chi connectivity index (χ4n) is 7.60. The number of Topliss-reactive ketones (excluding diaryl/α,β-unsaturated/α-hetero) is 2. The normalized spacial score (nSPS) is 26.5. The predicted molar refractivity (Wildman–Crippen MR) is 170 cm³/mol. The Morgan fingerprint density at radius 3 is 2.37 bits per heavy atom. The molecule has 46 heavy (non-hydrogen) atoms. The molecule has 14 heteroatoms. The van der Waals surface area contributed by atoms with Gasteiger partial charge in [-0.3, -0.25) is 24.1 Å². The molecule has 8 N–H and O–H groups in total. The zero-order valence-corrected chi connectivity index (χ0v) is 26.7. The third-order valence-electron chi connectivity index (χ3n) is 9.79. The van der Waals surface area contributed by atoms with Gasteiger partial charge in [0.05, 0.1) is 23.8 Å². The second-order valence-corrected chi connectivity index (χ2v) is 13.1. The van der Waals surface area contributed by atoms with Gasteiger partial charge < -0.3 is 46.6 Å². The van der Waals surface area contributed by atoms with Gasteiger partial charge >= 0.3 is 0 Å². The molecule has 1 heterocycles. The molecule has 4 atom stereocenters. The summed E-state index contributed by atoms with van der Waals surface area (Å²) in [7, 11) is 6.63. The number of phenols is 1. The van der Waals surface area contributed by atoms with E-state index in [-0.39, 0.29) is 36.2 Å². The van der Waals surface area contributed by atoms with Crippen LogP contribution in [-0.2, 0) is 25.6 Å². The second kappa shape index (κ2) is 12.7. The Bertz CT molecular complexity index is 1530. The van der Waals surface area contributed by atoms with Crippen LogP contribution < -0.4 is 21.3 Å². The lowest BCUT2D eigenvalue weighted by Gasteiger charge is -2.50. The molecule has 2 fully saturated rings. The SMILES string of the molecule is CN(C)c1cc(NC(=O)CNCCN2CCCCC2)c(O)c2c1CC1CC3[C@H](N(C)C)C(=O)C(C(N)=O)=C(O)[C@@]3(O)C(=O)C1=C2O. The monoisotopic (exact) mass is 640 g/mol. The van der Waals surface area contributed by atoms with E-state index in [0.29, 0.717) is 17.8 Å². The summed E-state index contributed by atoms with van der Waals surface area (Å²) in [6.45, 7) is 3.51. The summed E-state index contributed by atoms with van der Waals surface area (Å²) in [6.07, 6.45) is 3.71. The van der Waals surface area contributed by atoms with Crippen molar-refractivity contribution in [1.82, 2.24) is 15.1 Å². The number of hydrogen-bond donors (Lipinski definition) is 7. The van der Waals surface area contributed by atoms with E-state index < -0.39 is 69.7 Å². The summed E-state index contributed by atoms with van der Waals surface area (Å²) in [6, 6.07) is 0.435. The maximum Gasteiger partial charge on any atom is 0.255 e. The van der Waals surface area contributed by atoms with E-state index in [9.17, 15) is 39.6 Å². The first-order valence-electron chi connectivity index (χ1n) is 15.6. The zero-order chi connectivity index (χ0) is 33.7. The number of hydrogen-bond acceptors (Lipinski definition) is 12. The van der Waals surface area contributed by atoms with Crippen LogP contribution in [0.4, 0.5) is 11.4 Å². The van der Waals surface area contributed by atoms with Gasteiger partial charge in [-0.2, -0.15) is 0 Å². The number of aromatic hydroxyl groups is 1. The number of aliphatic hydroxyl groups excluding tert-OH is 2. The highest BCUT2D eigenvalue weighted by molar-refractivity contribution is 6.24. The Hall–Kier alpha value is -3.98. The van der Waals surface area contributed by atoms with E-state index in [2.05, 4.69) is 15.5 Å². The number of primary amides is 1. The van der Waals surface area contributed by atoms with E-state index >= 15 is 0 Å². The minimum Gasteiger partial charge on any atom is -0.508 e. The largest absolute Gasteiger partial charge is 0.508 e. The van der Waals surface area contributed by atoms with Crippen LogP contribution in [-0.4, -0.2) is 126 Å². The maximum absolute atomic E-state index is 14.1. The number of benzene rings is 1. The van der Waals surface area contributed by atoms with E-state index in [1.807, 2.05) is 0 Å². The molecule has 1 aromatic carbocycles. The van der Waals surface area contributed by atoms with Crippen molar-refractivity contribution >= 4 is 40.5 Å². The number of rotatable bonds is 9. The van der Waals surface area contributed by atoms with Gasteiger partial charge in [-0.1, -0.05) is 6.42 Å². The Kier molecular flexibility index (Phi) is 9.19. The molecule has 3 aliphatic carbocycles. The number of carbonyl (C=O) groups excluding carboxylic acids is 4. The first-order valence-corrected chi connectivity index (χ1v) is 15.6. The van der Waals surface area contributed by atoms with Crippen molar-refractivity contribution in [3.8, 4) is 5.75 Å². The van der Waals surface area contributed by atoms with Crippen molar-refractivity contribution in [2.24, 2.45) is 17.6 Å². The minimum absolute atomic E-state index is 0.0106. The summed E-state index contributed by atoms with van der Waals surface area (Å²) in [4.78, 5) is 58.1. The summed E-state index contributed by atoms with van der Waals surface area (Å²) < 4.78 is 0. The molecule has 14 nitrogen and oxygen atoms in total. The minimum atomic E-state index is -2.73. The predicted octanol–water partition coefficient (Wildman–Crippen LogP) is 0.0440. The molecule has 1 saturated heterocycles. The topological polar surface area (TPSA) is 209 Å². The highest BCUT2D eigenvalue weighted by Crippen LogP contribution is 2.54. The number of nitrogens with one attached hydrogen (secondary N) is 2. The van der Waals surface area contributed by atoms with Gasteiger partial charge in [0.25, 0.3) is 5.91 Å². The number of fused-ring (bicyclic) bond motifs is 3. The molecular formula is C32H44N6O8. The van der Waals surface area contributed by atoms with E-state index in [4.69, 9.17) is 5.73 Å². The quantitative estimate of drug-likeness (QED) is 0.108. The fourth-order valence-corrected chi connectivity index (χ4v) is 7.60. The lowest BCUT2D eigenvalue weighted by molar-refractivity contribution is -0.153. The summed E-state index contributed by atoms with van der Waals surface area (Å²) in [5, 5.41) is 51.7. The molecule has 0 aromatic heterocycles. The molecule has 1 aliphatic heterocycles. The lowest BCUT2D eigenvalue weighted by atomic mass is 9.57. The number of phenolic OH excluding ortho intramolecular Hbond substituents is 1. The van der Waals surface area contributed by atoms with E-state index in [0.717, 1.165) is 19.6 Å².